The molecule has 0 aromatic heterocycles. The minimum absolute atomic E-state index is 0.0711. The summed E-state index contributed by atoms with van der Waals surface area (Å²) < 4.78 is 0. The van der Waals surface area contributed by atoms with E-state index in [1.54, 1.807) is 6.07 Å². The fraction of sp³-hybridized carbons (Fsp3) is 0.333. The van der Waals surface area contributed by atoms with Gasteiger partial charge in [-0.05, 0) is 26.0 Å². The molecule has 1 rings (SSSR count). The Morgan fingerprint density at radius 1 is 1.25 bits per heavy atom. The van der Waals surface area contributed by atoms with Crippen LogP contribution >= 0.6 is 0 Å². The fourth-order valence-corrected chi connectivity index (χ4v) is 0.953. The average Bonchev–Trinajstić information content (AvgIpc) is 1.94. The molecule has 1 aromatic rings. The average molecular weight is 167 g/mol. The predicted molar refractivity (Wildman–Crippen MR) is 48.5 cm³/mol. The van der Waals surface area contributed by atoms with E-state index >= 15 is 0 Å². The van der Waals surface area contributed by atoms with Crippen molar-refractivity contribution in [3.05, 3.63) is 18.2 Å². The fourth-order valence-electron chi connectivity index (χ4n) is 0.953. The lowest BCUT2D eigenvalue weighted by Crippen LogP contribution is -2.09. The van der Waals surface area contributed by atoms with Gasteiger partial charge in [0, 0.05) is 12.1 Å². The molecule has 12 heavy (non-hydrogen) atoms. The molecular weight excluding hydrogens is 154 g/mol. The third-order valence-corrected chi connectivity index (χ3v) is 1.43. The third-order valence-electron chi connectivity index (χ3n) is 1.43. The summed E-state index contributed by atoms with van der Waals surface area (Å²) in [7, 11) is 0. The number of anilines is 1. The molecule has 0 aliphatic rings. The monoisotopic (exact) mass is 167 g/mol. The van der Waals surface area contributed by atoms with Gasteiger partial charge in [0.15, 0.2) is 0 Å². The molecule has 0 amide bonds. The summed E-state index contributed by atoms with van der Waals surface area (Å²) in [4.78, 5) is 0. The van der Waals surface area contributed by atoms with E-state index in [2.05, 4.69) is 5.32 Å². The smallest absolute Gasteiger partial charge is 0.142 e. The Labute approximate surface area is 71.7 Å². The van der Waals surface area contributed by atoms with Gasteiger partial charge in [-0.25, -0.2) is 0 Å². The standard InChI is InChI=1S/C9H13NO2/c1-6(2)10-8-4-3-7(11)5-9(8)12/h3-6,10-12H,1-2H3. The van der Waals surface area contributed by atoms with Gasteiger partial charge in [-0.1, -0.05) is 0 Å². The van der Waals surface area contributed by atoms with Gasteiger partial charge in [0.2, 0.25) is 0 Å². The molecule has 0 radical (unpaired) electrons. The highest BCUT2D eigenvalue weighted by atomic mass is 16.3. The summed E-state index contributed by atoms with van der Waals surface area (Å²) in [6, 6.07) is 4.75. The van der Waals surface area contributed by atoms with Crippen molar-refractivity contribution < 1.29 is 10.2 Å². The summed E-state index contributed by atoms with van der Waals surface area (Å²) in [5, 5.41) is 21.3. The molecule has 3 nitrogen and oxygen atoms in total. The first-order valence-electron chi connectivity index (χ1n) is 3.88. The minimum atomic E-state index is 0.0711. The van der Waals surface area contributed by atoms with Crippen molar-refractivity contribution in [3.8, 4) is 11.5 Å². The minimum Gasteiger partial charge on any atom is -0.508 e. The second-order valence-corrected chi connectivity index (χ2v) is 3.00. The van der Waals surface area contributed by atoms with Crippen LogP contribution < -0.4 is 5.32 Å². The first-order chi connectivity index (χ1) is 5.59. The zero-order chi connectivity index (χ0) is 9.14. The van der Waals surface area contributed by atoms with Crippen LogP contribution in [0.2, 0.25) is 0 Å². The van der Waals surface area contributed by atoms with Gasteiger partial charge in [-0.3, -0.25) is 0 Å². The van der Waals surface area contributed by atoms with E-state index in [0.29, 0.717) is 5.69 Å². The molecule has 0 heterocycles. The van der Waals surface area contributed by atoms with E-state index in [1.807, 2.05) is 13.8 Å². The van der Waals surface area contributed by atoms with Crippen LogP contribution in [-0.4, -0.2) is 16.3 Å². The molecule has 0 aliphatic heterocycles. The molecule has 0 aliphatic carbocycles. The van der Waals surface area contributed by atoms with Gasteiger partial charge < -0.3 is 15.5 Å². The molecule has 0 saturated carbocycles. The van der Waals surface area contributed by atoms with Crippen LogP contribution in [-0.2, 0) is 0 Å². The van der Waals surface area contributed by atoms with Crippen LogP contribution in [0.3, 0.4) is 0 Å². The number of benzene rings is 1. The van der Waals surface area contributed by atoms with E-state index in [0.717, 1.165) is 0 Å². The molecule has 3 N–H and O–H groups in total. The third kappa shape index (κ3) is 2.05. The Bertz CT molecular complexity index is 271. The first kappa shape index (κ1) is 8.71. The Morgan fingerprint density at radius 2 is 1.92 bits per heavy atom. The van der Waals surface area contributed by atoms with Gasteiger partial charge in [0.25, 0.3) is 0 Å². The number of rotatable bonds is 2. The lowest BCUT2D eigenvalue weighted by atomic mass is 10.2. The summed E-state index contributed by atoms with van der Waals surface area (Å²) in [6.45, 7) is 3.96. The van der Waals surface area contributed by atoms with Gasteiger partial charge in [-0.15, -0.1) is 0 Å². The van der Waals surface area contributed by atoms with E-state index in [9.17, 15) is 5.11 Å². The van der Waals surface area contributed by atoms with Crippen LogP contribution in [0, 0.1) is 0 Å². The van der Waals surface area contributed by atoms with Crippen molar-refractivity contribution in [1.82, 2.24) is 0 Å². The molecule has 0 saturated heterocycles. The summed E-state index contributed by atoms with van der Waals surface area (Å²) in [6.07, 6.45) is 0. The maximum atomic E-state index is 9.32. The largest absolute Gasteiger partial charge is 0.508 e. The number of hydrogen-bond donors (Lipinski definition) is 3. The molecule has 0 fully saturated rings. The molecule has 0 atom stereocenters. The maximum Gasteiger partial charge on any atom is 0.142 e. The molecule has 66 valence electrons. The molecular formula is C9H13NO2. The topological polar surface area (TPSA) is 52.5 Å². The van der Waals surface area contributed by atoms with Crippen molar-refractivity contribution in [2.24, 2.45) is 0 Å². The highest BCUT2D eigenvalue weighted by Crippen LogP contribution is 2.27. The van der Waals surface area contributed by atoms with Crippen molar-refractivity contribution in [1.29, 1.82) is 0 Å². The number of aromatic hydroxyl groups is 2. The second-order valence-electron chi connectivity index (χ2n) is 3.00. The van der Waals surface area contributed by atoms with E-state index in [4.69, 9.17) is 5.11 Å². The SMILES string of the molecule is CC(C)Nc1ccc(O)cc1O. The molecule has 0 unspecified atom stereocenters. The highest BCUT2D eigenvalue weighted by Gasteiger charge is 2.02. The van der Waals surface area contributed by atoms with Crippen LogP contribution in [0.15, 0.2) is 18.2 Å². The first-order valence-corrected chi connectivity index (χ1v) is 3.88. The number of nitrogens with one attached hydrogen (secondary N) is 1. The van der Waals surface area contributed by atoms with Gasteiger partial charge in [0.1, 0.15) is 11.5 Å². The van der Waals surface area contributed by atoms with Crippen molar-refractivity contribution >= 4 is 5.69 Å². The van der Waals surface area contributed by atoms with Crippen LogP contribution in [0.1, 0.15) is 13.8 Å². The Kier molecular flexibility index (Phi) is 2.43. The van der Waals surface area contributed by atoms with Gasteiger partial charge in [-0.2, -0.15) is 0 Å². The lowest BCUT2D eigenvalue weighted by Gasteiger charge is -2.11. The molecule has 3 heteroatoms. The van der Waals surface area contributed by atoms with Crippen molar-refractivity contribution in [3.63, 3.8) is 0 Å². The summed E-state index contributed by atoms with van der Waals surface area (Å²) in [5.41, 5.74) is 0.641. The zero-order valence-electron chi connectivity index (χ0n) is 7.20. The second kappa shape index (κ2) is 3.34. The summed E-state index contributed by atoms with van der Waals surface area (Å²) in [5.74, 6) is 0.144. The number of hydrogen-bond acceptors (Lipinski definition) is 3. The predicted octanol–water partition coefficient (Wildman–Crippen LogP) is 1.92. The van der Waals surface area contributed by atoms with E-state index < -0.39 is 0 Å². The molecule has 0 spiro atoms. The van der Waals surface area contributed by atoms with Crippen LogP contribution in [0.25, 0.3) is 0 Å². The highest BCUT2D eigenvalue weighted by molar-refractivity contribution is 5.58. The quantitative estimate of drug-likeness (QED) is 0.466. The van der Waals surface area contributed by atoms with Crippen LogP contribution in [0.4, 0.5) is 5.69 Å². The zero-order valence-corrected chi connectivity index (χ0v) is 7.20. The van der Waals surface area contributed by atoms with Gasteiger partial charge in [0.05, 0.1) is 5.69 Å². The lowest BCUT2D eigenvalue weighted by molar-refractivity contribution is 0.451. The van der Waals surface area contributed by atoms with Crippen molar-refractivity contribution in [2.75, 3.05) is 5.32 Å². The maximum absolute atomic E-state index is 9.32. The van der Waals surface area contributed by atoms with E-state index in [1.165, 1.54) is 12.1 Å². The normalized spacial score (nSPS) is 10.2. The summed E-state index contributed by atoms with van der Waals surface area (Å²) >= 11 is 0. The Balaban J connectivity index is 2.86. The number of phenolic OH excluding ortho intramolecular Hbond substituents is 2. The van der Waals surface area contributed by atoms with Crippen LogP contribution in [0.5, 0.6) is 11.5 Å². The number of phenols is 2. The van der Waals surface area contributed by atoms with E-state index in [-0.39, 0.29) is 17.5 Å². The van der Waals surface area contributed by atoms with Gasteiger partial charge >= 0.3 is 0 Å². The molecule has 0 bridgehead atoms. The Hall–Kier alpha value is -1.38. The van der Waals surface area contributed by atoms with Crippen molar-refractivity contribution in [2.45, 2.75) is 19.9 Å². The molecule has 1 aromatic carbocycles. The Morgan fingerprint density at radius 3 is 2.42 bits per heavy atom.